The van der Waals surface area contributed by atoms with Crippen molar-refractivity contribution < 1.29 is 22.7 Å². The molecule has 6 N–H and O–H groups in total. The summed E-state index contributed by atoms with van der Waals surface area (Å²) in [5, 5.41) is 8.80. The number of hydrogen-bond acceptors (Lipinski definition) is 8. The van der Waals surface area contributed by atoms with Crippen LogP contribution in [-0.2, 0) is 26.0 Å². The van der Waals surface area contributed by atoms with Gasteiger partial charge in [0.05, 0.1) is 29.9 Å². The molecule has 3 rings (SSSR count). The number of nitrogens with two attached hydrogens (primary N) is 3. The Morgan fingerprint density at radius 2 is 1.74 bits per heavy atom. The summed E-state index contributed by atoms with van der Waals surface area (Å²) in [5.74, 6) is 4.51. The van der Waals surface area contributed by atoms with E-state index in [4.69, 9.17) is 21.5 Å². The fraction of sp³-hybridized carbons (Fsp3) is 0.125. The molecule has 0 radical (unpaired) electrons. The lowest BCUT2D eigenvalue weighted by Crippen LogP contribution is -2.48. The van der Waals surface area contributed by atoms with Crippen LogP contribution in [0.25, 0.3) is 11.1 Å². The smallest absolute Gasteiger partial charge is 0.420 e. The zero-order valence-corrected chi connectivity index (χ0v) is 19.7. The molecule has 0 spiro atoms. The summed E-state index contributed by atoms with van der Waals surface area (Å²) in [7, 11) is -2.80. The summed E-state index contributed by atoms with van der Waals surface area (Å²) in [6, 6.07) is 18.5. The minimum Gasteiger partial charge on any atom is -0.452 e. The molecule has 0 aliphatic carbocycles. The lowest BCUT2D eigenvalue weighted by molar-refractivity contribution is -0.119. The lowest BCUT2D eigenvalue weighted by Gasteiger charge is -2.23. The highest BCUT2D eigenvalue weighted by Gasteiger charge is 2.29. The molecule has 3 aromatic carbocycles. The molecule has 0 saturated carbocycles. The van der Waals surface area contributed by atoms with Gasteiger partial charge in [-0.05, 0) is 41.3 Å². The van der Waals surface area contributed by atoms with E-state index in [1.807, 2.05) is 0 Å². The van der Waals surface area contributed by atoms with Gasteiger partial charge in [-0.3, -0.25) is 4.79 Å². The lowest BCUT2D eigenvalue weighted by atomic mass is 10.0. The molecule has 0 unspecified atom stereocenters. The van der Waals surface area contributed by atoms with Crippen molar-refractivity contribution >= 4 is 33.9 Å². The largest absolute Gasteiger partial charge is 0.452 e. The zero-order chi connectivity index (χ0) is 25.6. The van der Waals surface area contributed by atoms with Crippen molar-refractivity contribution in [2.75, 3.05) is 12.0 Å². The molecule has 0 aliphatic heterocycles. The summed E-state index contributed by atoms with van der Waals surface area (Å²) in [6.45, 7) is 0. The molecule has 0 heterocycles. The SMILES string of the molecule is COC(=O)N(C(=O)[C@@H](N)Cc1cccc(C=NN)c1)c1ccc(-c2ccccc2S(N)(=O)=O)cc1. The van der Waals surface area contributed by atoms with Crippen LogP contribution in [0, 0.1) is 0 Å². The Morgan fingerprint density at radius 3 is 2.37 bits per heavy atom. The molecule has 0 saturated heterocycles. The topological polar surface area (TPSA) is 171 Å². The minimum atomic E-state index is -3.96. The monoisotopic (exact) mass is 495 g/mol. The summed E-state index contributed by atoms with van der Waals surface area (Å²) in [6.07, 6.45) is 0.707. The third kappa shape index (κ3) is 6.09. The van der Waals surface area contributed by atoms with Gasteiger partial charge in [0.1, 0.15) is 0 Å². The van der Waals surface area contributed by atoms with Crippen LogP contribution in [0.15, 0.2) is 82.8 Å². The number of carbonyl (C=O) groups excluding carboxylic acids is 2. The van der Waals surface area contributed by atoms with Crippen LogP contribution in [0.4, 0.5) is 10.5 Å². The number of carbonyl (C=O) groups is 2. The number of amides is 2. The number of hydrogen-bond donors (Lipinski definition) is 3. The molecular weight excluding hydrogens is 470 g/mol. The molecular formula is C24H25N5O5S. The fourth-order valence-electron chi connectivity index (χ4n) is 3.55. The number of sulfonamides is 1. The van der Waals surface area contributed by atoms with Crippen LogP contribution in [0.1, 0.15) is 11.1 Å². The maximum absolute atomic E-state index is 13.2. The predicted octanol–water partition coefficient (Wildman–Crippen LogP) is 1.96. The van der Waals surface area contributed by atoms with Crippen LogP contribution >= 0.6 is 0 Å². The van der Waals surface area contributed by atoms with Gasteiger partial charge in [-0.1, -0.05) is 54.6 Å². The van der Waals surface area contributed by atoms with Gasteiger partial charge in [0.2, 0.25) is 10.0 Å². The van der Waals surface area contributed by atoms with E-state index in [1.54, 1.807) is 54.6 Å². The molecule has 1 atom stereocenters. The van der Waals surface area contributed by atoms with Crippen LogP contribution in [-0.4, -0.2) is 39.8 Å². The van der Waals surface area contributed by atoms with Gasteiger partial charge in [-0.2, -0.15) is 5.10 Å². The van der Waals surface area contributed by atoms with Crippen molar-refractivity contribution in [3.8, 4) is 11.1 Å². The number of imide groups is 1. The van der Waals surface area contributed by atoms with Crippen molar-refractivity contribution in [2.45, 2.75) is 17.4 Å². The van der Waals surface area contributed by atoms with Gasteiger partial charge in [-0.25, -0.2) is 23.3 Å². The van der Waals surface area contributed by atoms with E-state index in [0.717, 1.165) is 23.1 Å². The molecule has 3 aromatic rings. The van der Waals surface area contributed by atoms with Gasteiger partial charge in [0.25, 0.3) is 5.91 Å². The Labute approximate surface area is 203 Å². The molecule has 0 bridgehead atoms. The van der Waals surface area contributed by atoms with E-state index in [2.05, 4.69) is 5.10 Å². The first-order valence-electron chi connectivity index (χ1n) is 10.4. The molecule has 0 fully saturated rings. The highest BCUT2D eigenvalue weighted by atomic mass is 32.2. The Balaban J connectivity index is 1.90. The van der Waals surface area contributed by atoms with Gasteiger partial charge < -0.3 is 16.3 Å². The van der Waals surface area contributed by atoms with E-state index >= 15 is 0 Å². The van der Waals surface area contributed by atoms with Crippen molar-refractivity contribution in [2.24, 2.45) is 21.8 Å². The normalized spacial score (nSPS) is 12.3. The number of methoxy groups -OCH3 is 1. The predicted molar refractivity (Wildman–Crippen MR) is 133 cm³/mol. The van der Waals surface area contributed by atoms with E-state index in [9.17, 15) is 18.0 Å². The molecule has 35 heavy (non-hydrogen) atoms. The number of hydrazone groups is 1. The summed E-state index contributed by atoms with van der Waals surface area (Å²) >= 11 is 0. The van der Waals surface area contributed by atoms with E-state index in [1.165, 1.54) is 24.4 Å². The number of primary sulfonamides is 1. The maximum atomic E-state index is 13.2. The van der Waals surface area contributed by atoms with E-state index < -0.39 is 28.1 Å². The second-order valence-electron chi connectivity index (χ2n) is 7.57. The first-order valence-corrected chi connectivity index (χ1v) is 11.9. The Bertz CT molecular complexity index is 1360. The second-order valence-corrected chi connectivity index (χ2v) is 9.10. The summed E-state index contributed by atoms with van der Waals surface area (Å²) in [4.78, 5) is 26.4. The van der Waals surface area contributed by atoms with Crippen LogP contribution in [0.2, 0.25) is 0 Å². The van der Waals surface area contributed by atoms with Gasteiger partial charge >= 0.3 is 6.09 Å². The number of anilines is 1. The molecule has 10 nitrogen and oxygen atoms in total. The fourth-order valence-corrected chi connectivity index (χ4v) is 4.31. The number of ether oxygens (including phenoxy) is 1. The molecule has 11 heteroatoms. The number of rotatable bonds is 7. The Morgan fingerprint density at radius 1 is 1.06 bits per heavy atom. The molecule has 182 valence electrons. The zero-order valence-electron chi connectivity index (χ0n) is 18.9. The highest BCUT2D eigenvalue weighted by Crippen LogP contribution is 2.29. The minimum absolute atomic E-state index is 0.0439. The molecule has 0 aromatic heterocycles. The van der Waals surface area contributed by atoms with E-state index in [0.29, 0.717) is 11.1 Å². The van der Waals surface area contributed by atoms with Crippen molar-refractivity contribution in [3.05, 3.63) is 83.9 Å². The Kier molecular flexibility index (Phi) is 7.97. The molecule has 0 aliphatic rings. The third-order valence-corrected chi connectivity index (χ3v) is 6.12. The average Bonchev–Trinajstić information content (AvgIpc) is 2.84. The highest BCUT2D eigenvalue weighted by molar-refractivity contribution is 7.89. The second kappa shape index (κ2) is 10.9. The average molecular weight is 496 g/mol. The van der Waals surface area contributed by atoms with Crippen molar-refractivity contribution in [1.82, 2.24) is 0 Å². The quantitative estimate of drug-likeness (QED) is 0.255. The van der Waals surface area contributed by atoms with Crippen LogP contribution < -0.4 is 21.6 Å². The number of nitrogens with zero attached hydrogens (tertiary/aromatic N) is 2. The van der Waals surface area contributed by atoms with Gasteiger partial charge in [0, 0.05) is 5.56 Å². The van der Waals surface area contributed by atoms with Gasteiger partial charge in [-0.15, -0.1) is 0 Å². The standard InChI is InChI=1S/C24H25N5O5S/c1-34-24(31)29(23(30)21(25)14-16-5-4-6-17(13-16)15-28-26)19-11-9-18(10-12-19)20-7-2-3-8-22(20)35(27,32)33/h2-13,15,21H,14,25-26H2,1H3,(H2,27,32,33)/t21-/m0/s1. The maximum Gasteiger partial charge on any atom is 0.420 e. The first kappa shape index (κ1) is 25.6. The summed E-state index contributed by atoms with van der Waals surface area (Å²) in [5.41, 5.74) is 8.77. The Hall–Kier alpha value is -4.06. The first-order chi connectivity index (χ1) is 16.7. The molecule has 2 amide bonds. The van der Waals surface area contributed by atoms with Crippen molar-refractivity contribution in [3.63, 3.8) is 0 Å². The van der Waals surface area contributed by atoms with Crippen LogP contribution in [0.5, 0.6) is 0 Å². The number of benzene rings is 3. The third-order valence-electron chi connectivity index (χ3n) is 5.16. The van der Waals surface area contributed by atoms with Gasteiger partial charge in [0.15, 0.2) is 0 Å². The van der Waals surface area contributed by atoms with E-state index in [-0.39, 0.29) is 17.0 Å². The van der Waals surface area contributed by atoms with Crippen molar-refractivity contribution in [1.29, 1.82) is 0 Å². The van der Waals surface area contributed by atoms with Crippen LogP contribution in [0.3, 0.4) is 0 Å². The summed E-state index contributed by atoms with van der Waals surface area (Å²) < 4.78 is 28.7.